The number of amides is 4. The van der Waals surface area contributed by atoms with E-state index in [1.165, 1.54) is 4.90 Å². The van der Waals surface area contributed by atoms with Gasteiger partial charge in [0.15, 0.2) is 0 Å². The summed E-state index contributed by atoms with van der Waals surface area (Å²) >= 11 is 0. The summed E-state index contributed by atoms with van der Waals surface area (Å²) in [7, 11) is 1.84. The zero-order valence-corrected chi connectivity index (χ0v) is 17.7. The van der Waals surface area contributed by atoms with Gasteiger partial charge in [-0.3, -0.25) is 24.1 Å². The summed E-state index contributed by atoms with van der Waals surface area (Å²) in [5.74, 6) is -1.75. The Labute approximate surface area is 185 Å². The van der Waals surface area contributed by atoms with E-state index in [0.717, 1.165) is 11.3 Å². The van der Waals surface area contributed by atoms with E-state index in [1.54, 1.807) is 12.1 Å². The van der Waals surface area contributed by atoms with E-state index < -0.39 is 35.8 Å². The first-order chi connectivity index (χ1) is 15.4. The summed E-state index contributed by atoms with van der Waals surface area (Å²) in [4.78, 5) is 53.4. The molecule has 32 heavy (non-hydrogen) atoms. The Morgan fingerprint density at radius 3 is 2.34 bits per heavy atom. The van der Waals surface area contributed by atoms with E-state index >= 15 is 0 Å². The SMILES string of the molecule is CN1c2ccccc2N(CC(N)=O)C(=O)[C@H](NC(=O)[C@@H]2CCC(=O)N2)[C@@H]1c1ccccc1. The molecular formula is C23H25N5O4. The Bertz CT molecular complexity index is 1060. The molecule has 0 saturated carbocycles. The van der Waals surface area contributed by atoms with Gasteiger partial charge in [-0.15, -0.1) is 0 Å². The van der Waals surface area contributed by atoms with E-state index in [-0.39, 0.29) is 18.9 Å². The third-order valence-electron chi connectivity index (χ3n) is 5.88. The number of nitrogens with two attached hydrogens (primary N) is 1. The van der Waals surface area contributed by atoms with Crippen LogP contribution in [0.2, 0.25) is 0 Å². The molecule has 9 nitrogen and oxygen atoms in total. The number of carbonyl (C=O) groups is 4. The number of nitrogens with one attached hydrogen (secondary N) is 2. The van der Waals surface area contributed by atoms with Crippen molar-refractivity contribution in [1.29, 1.82) is 0 Å². The van der Waals surface area contributed by atoms with Crippen molar-refractivity contribution in [3.05, 3.63) is 60.2 Å². The summed E-state index contributed by atoms with van der Waals surface area (Å²) in [6.07, 6.45) is 0.626. The normalized spacial score (nSPS) is 22.7. The monoisotopic (exact) mass is 435 g/mol. The fourth-order valence-corrected chi connectivity index (χ4v) is 4.38. The van der Waals surface area contributed by atoms with Crippen LogP contribution in [0.25, 0.3) is 0 Å². The Morgan fingerprint density at radius 1 is 1.06 bits per heavy atom. The van der Waals surface area contributed by atoms with Crippen LogP contribution in [-0.2, 0) is 19.2 Å². The lowest BCUT2D eigenvalue weighted by atomic mass is 9.96. The average molecular weight is 435 g/mol. The maximum Gasteiger partial charge on any atom is 0.252 e. The highest BCUT2D eigenvalue weighted by molar-refractivity contribution is 6.07. The molecule has 9 heteroatoms. The highest BCUT2D eigenvalue weighted by Crippen LogP contribution is 2.39. The highest BCUT2D eigenvalue weighted by atomic mass is 16.2. The van der Waals surface area contributed by atoms with Crippen LogP contribution < -0.4 is 26.2 Å². The summed E-state index contributed by atoms with van der Waals surface area (Å²) in [6, 6.07) is 14.3. The van der Waals surface area contributed by atoms with Crippen molar-refractivity contribution in [2.45, 2.75) is 31.0 Å². The fraction of sp³-hybridized carbons (Fsp3) is 0.304. The van der Waals surface area contributed by atoms with Crippen LogP contribution >= 0.6 is 0 Å². The third-order valence-corrected chi connectivity index (χ3v) is 5.88. The van der Waals surface area contributed by atoms with Crippen LogP contribution in [0, 0.1) is 0 Å². The van der Waals surface area contributed by atoms with Gasteiger partial charge in [0.05, 0.1) is 17.4 Å². The Balaban J connectivity index is 1.80. The maximum atomic E-state index is 13.8. The predicted molar refractivity (Wildman–Crippen MR) is 119 cm³/mol. The third kappa shape index (κ3) is 4.01. The second-order valence-electron chi connectivity index (χ2n) is 7.99. The smallest absolute Gasteiger partial charge is 0.252 e. The van der Waals surface area contributed by atoms with Gasteiger partial charge in [-0.25, -0.2) is 0 Å². The molecule has 2 aromatic rings. The largest absolute Gasteiger partial charge is 0.368 e. The van der Waals surface area contributed by atoms with Crippen LogP contribution in [0.1, 0.15) is 24.4 Å². The highest BCUT2D eigenvalue weighted by Gasteiger charge is 2.43. The lowest BCUT2D eigenvalue weighted by Gasteiger charge is -2.34. The molecule has 0 aliphatic carbocycles. The minimum Gasteiger partial charge on any atom is -0.368 e. The summed E-state index contributed by atoms with van der Waals surface area (Å²) < 4.78 is 0. The van der Waals surface area contributed by atoms with Crippen molar-refractivity contribution < 1.29 is 19.2 Å². The van der Waals surface area contributed by atoms with Crippen molar-refractivity contribution in [1.82, 2.24) is 10.6 Å². The molecule has 2 aliphatic heterocycles. The Morgan fingerprint density at radius 2 is 1.72 bits per heavy atom. The van der Waals surface area contributed by atoms with Crippen molar-refractivity contribution >= 4 is 35.0 Å². The lowest BCUT2D eigenvalue weighted by Crippen LogP contribution is -2.57. The molecule has 2 aliphatic rings. The maximum absolute atomic E-state index is 13.8. The second kappa shape index (κ2) is 8.70. The number of rotatable bonds is 5. The standard InChI is InChI=1S/C23H25N5O4/c1-27-16-9-5-6-10-17(16)28(13-18(24)29)23(32)20(21(27)14-7-3-2-4-8-14)26-22(31)15-11-12-19(30)25-15/h2-10,15,20-21H,11-13H2,1H3,(H2,24,29)(H,25,30)(H,26,31)/t15-,20+,21-/m0/s1. The number of fused-ring (bicyclic) bond motifs is 1. The van der Waals surface area contributed by atoms with Crippen LogP contribution in [0.4, 0.5) is 11.4 Å². The summed E-state index contributed by atoms with van der Waals surface area (Å²) in [6.45, 7) is -0.322. The molecule has 3 atom stereocenters. The molecule has 0 radical (unpaired) electrons. The molecule has 0 unspecified atom stereocenters. The van der Waals surface area contributed by atoms with Crippen LogP contribution in [-0.4, -0.2) is 49.3 Å². The number of hydrogen-bond acceptors (Lipinski definition) is 5. The van der Waals surface area contributed by atoms with E-state index in [0.29, 0.717) is 12.1 Å². The van der Waals surface area contributed by atoms with Gasteiger partial charge in [0.1, 0.15) is 18.6 Å². The number of benzene rings is 2. The number of carbonyl (C=O) groups excluding carboxylic acids is 4. The predicted octanol–water partition coefficient (Wildman–Crippen LogP) is 0.459. The van der Waals surface area contributed by atoms with Gasteiger partial charge in [-0.05, 0) is 24.1 Å². The van der Waals surface area contributed by atoms with E-state index in [9.17, 15) is 19.2 Å². The molecular weight excluding hydrogens is 410 g/mol. The van der Waals surface area contributed by atoms with Crippen LogP contribution in [0.5, 0.6) is 0 Å². The number of para-hydroxylation sites is 2. The van der Waals surface area contributed by atoms with E-state index in [4.69, 9.17) is 5.73 Å². The van der Waals surface area contributed by atoms with Crippen molar-refractivity contribution in [2.24, 2.45) is 5.73 Å². The van der Waals surface area contributed by atoms with Crippen molar-refractivity contribution in [3.8, 4) is 0 Å². The molecule has 4 amide bonds. The quantitative estimate of drug-likeness (QED) is 0.629. The van der Waals surface area contributed by atoms with Gasteiger partial charge in [-0.1, -0.05) is 42.5 Å². The van der Waals surface area contributed by atoms with Crippen LogP contribution in [0.15, 0.2) is 54.6 Å². The zero-order valence-electron chi connectivity index (χ0n) is 17.7. The zero-order chi connectivity index (χ0) is 22.8. The first-order valence-corrected chi connectivity index (χ1v) is 10.4. The Kier molecular flexibility index (Phi) is 5.81. The summed E-state index contributed by atoms with van der Waals surface area (Å²) in [5.41, 5.74) is 7.53. The fourth-order valence-electron chi connectivity index (χ4n) is 4.38. The Hall–Kier alpha value is -3.88. The molecule has 2 heterocycles. The topological polar surface area (TPSA) is 125 Å². The first kappa shape index (κ1) is 21.4. The number of anilines is 2. The molecule has 2 aromatic carbocycles. The molecule has 166 valence electrons. The average Bonchev–Trinajstić information content (AvgIpc) is 3.20. The molecule has 1 fully saturated rings. The van der Waals surface area contributed by atoms with Crippen molar-refractivity contribution in [2.75, 3.05) is 23.4 Å². The minimum absolute atomic E-state index is 0.197. The van der Waals surface area contributed by atoms with E-state index in [1.807, 2.05) is 54.4 Å². The molecule has 1 saturated heterocycles. The van der Waals surface area contributed by atoms with E-state index in [2.05, 4.69) is 10.6 Å². The van der Waals surface area contributed by atoms with Gasteiger partial charge in [0.2, 0.25) is 17.7 Å². The van der Waals surface area contributed by atoms with Gasteiger partial charge < -0.3 is 21.3 Å². The molecule has 0 aromatic heterocycles. The van der Waals surface area contributed by atoms with Gasteiger partial charge in [0.25, 0.3) is 5.91 Å². The number of nitrogens with zero attached hydrogens (tertiary/aromatic N) is 2. The van der Waals surface area contributed by atoms with Gasteiger partial charge >= 0.3 is 0 Å². The molecule has 4 rings (SSSR count). The second-order valence-corrected chi connectivity index (χ2v) is 7.99. The molecule has 4 N–H and O–H groups in total. The molecule has 0 bridgehead atoms. The summed E-state index contributed by atoms with van der Waals surface area (Å²) in [5, 5.41) is 5.49. The lowest BCUT2D eigenvalue weighted by molar-refractivity contribution is -0.130. The van der Waals surface area contributed by atoms with Gasteiger partial charge in [0, 0.05) is 13.5 Å². The molecule has 0 spiro atoms. The minimum atomic E-state index is -1.01. The van der Waals surface area contributed by atoms with Crippen LogP contribution in [0.3, 0.4) is 0 Å². The van der Waals surface area contributed by atoms with Gasteiger partial charge in [-0.2, -0.15) is 0 Å². The number of hydrogen-bond donors (Lipinski definition) is 3. The number of primary amides is 1. The number of likely N-dealkylation sites (N-methyl/N-ethyl adjacent to an activating group) is 1. The first-order valence-electron chi connectivity index (χ1n) is 10.4. The van der Waals surface area contributed by atoms with Crippen molar-refractivity contribution in [3.63, 3.8) is 0 Å².